The molecule has 2 amide bonds. The zero-order valence-electron chi connectivity index (χ0n) is 15.1. The van der Waals surface area contributed by atoms with E-state index in [0.717, 1.165) is 16.9 Å². The first-order valence-corrected chi connectivity index (χ1v) is 8.19. The van der Waals surface area contributed by atoms with Gasteiger partial charge < -0.3 is 15.0 Å². The van der Waals surface area contributed by atoms with Gasteiger partial charge >= 0.3 is 0 Å². The monoisotopic (exact) mass is 340 g/mol. The number of amides is 2. The van der Waals surface area contributed by atoms with Gasteiger partial charge in [0.2, 0.25) is 5.91 Å². The van der Waals surface area contributed by atoms with E-state index >= 15 is 0 Å². The largest absolute Gasteiger partial charge is 0.493 e. The van der Waals surface area contributed by atoms with Gasteiger partial charge in [-0.05, 0) is 49.2 Å². The highest BCUT2D eigenvalue weighted by molar-refractivity contribution is 5.97. The predicted molar refractivity (Wildman–Crippen MR) is 99.1 cm³/mol. The molecule has 0 aliphatic heterocycles. The fraction of sp³-hybridized carbons (Fsp3) is 0.300. The molecule has 0 spiro atoms. The quantitative estimate of drug-likeness (QED) is 0.877. The zero-order chi connectivity index (χ0) is 18.4. The van der Waals surface area contributed by atoms with E-state index in [0.29, 0.717) is 17.9 Å². The molecule has 2 aromatic carbocycles. The van der Waals surface area contributed by atoms with E-state index in [9.17, 15) is 9.59 Å². The van der Waals surface area contributed by atoms with E-state index in [1.165, 1.54) is 4.90 Å². The molecule has 0 aliphatic carbocycles. The maximum absolute atomic E-state index is 12.1. The second-order valence-electron chi connectivity index (χ2n) is 6.13. The number of hydrogen-bond donors (Lipinski definition) is 1. The van der Waals surface area contributed by atoms with E-state index in [4.69, 9.17) is 4.74 Å². The Balaban J connectivity index is 1.89. The molecule has 0 aliphatic rings. The summed E-state index contributed by atoms with van der Waals surface area (Å²) in [4.78, 5) is 25.5. The molecular formula is C20H24N2O3. The van der Waals surface area contributed by atoms with Crippen LogP contribution in [-0.4, -0.2) is 37.4 Å². The van der Waals surface area contributed by atoms with Crippen LogP contribution >= 0.6 is 0 Å². The van der Waals surface area contributed by atoms with Crippen molar-refractivity contribution in [1.29, 1.82) is 0 Å². The van der Waals surface area contributed by atoms with E-state index in [1.54, 1.807) is 38.4 Å². The van der Waals surface area contributed by atoms with Crippen LogP contribution < -0.4 is 10.1 Å². The van der Waals surface area contributed by atoms with Crippen LogP contribution in [0.5, 0.6) is 5.75 Å². The van der Waals surface area contributed by atoms with Gasteiger partial charge in [0.05, 0.1) is 13.0 Å². The van der Waals surface area contributed by atoms with Crippen LogP contribution in [0.25, 0.3) is 0 Å². The first-order chi connectivity index (χ1) is 11.9. The minimum atomic E-state index is -0.153. The number of benzene rings is 2. The summed E-state index contributed by atoms with van der Waals surface area (Å²) in [5, 5.41) is 2.80. The van der Waals surface area contributed by atoms with Gasteiger partial charge in [0.15, 0.2) is 0 Å². The third-order valence-electron chi connectivity index (χ3n) is 3.94. The summed E-state index contributed by atoms with van der Waals surface area (Å²) in [6.45, 7) is 4.32. The van der Waals surface area contributed by atoms with Crippen LogP contribution in [0.4, 0.5) is 5.69 Å². The summed E-state index contributed by atoms with van der Waals surface area (Å²) in [5.74, 6) is 0.542. The molecule has 0 aromatic heterocycles. The van der Waals surface area contributed by atoms with E-state index in [2.05, 4.69) is 5.32 Å². The third kappa shape index (κ3) is 5.08. The van der Waals surface area contributed by atoms with Gasteiger partial charge in [0.25, 0.3) is 5.91 Å². The summed E-state index contributed by atoms with van der Waals surface area (Å²) in [7, 11) is 3.39. The van der Waals surface area contributed by atoms with Gasteiger partial charge in [-0.25, -0.2) is 0 Å². The highest BCUT2D eigenvalue weighted by atomic mass is 16.5. The number of aryl methyl sites for hydroxylation is 1. The van der Waals surface area contributed by atoms with Crippen LogP contribution in [0.1, 0.15) is 27.9 Å². The average molecular weight is 340 g/mol. The first-order valence-electron chi connectivity index (χ1n) is 8.19. The molecule has 0 saturated heterocycles. The Morgan fingerprint density at radius 3 is 2.52 bits per heavy atom. The van der Waals surface area contributed by atoms with Crippen molar-refractivity contribution in [2.45, 2.75) is 20.3 Å². The average Bonchev–Trinajstić information content (AvgIpc) is 2.58. The van der Waals surface area contributed by atoms with Crippen molar-refractivity contribution < 1.29 is 14.3 Å². The molecule has 0 saturated carbocycles. The molecule has 1 N–H and O–H groups in total. The van der Waals surface area contributed by atoms with Crippen molar-refractivity contribution in [3.05, 3.63) is 59.2 Å². The lowest BCUT2D eigenvalue weighted by atomic mass is 10.1. The molecule has 132 valence electrons. The standard InChI is InChI=1S/C20H24N2O3/c1-14-7-5-10-18(15(14)2)25-12-11-19(23)21-17-9-6-8-16(13-17)20(24)22(3)4/h5-10,13H,11-12H2,1-4H3,(H,21,23). The van der Waals surface area contributed by atoms with Crippen LogP contribution in [0.3, 0.4) is 0 Å². The third-order valence-corrected chi connectivity index (χ3v) is 3.94. The van der Waals surface area contributed by atoms with E-state index < -0.39 is 0 Å². The van der Waals surface area contributed by atoms with Crippen LogP contribution in [0, 0.1) is 13.8 Å². The maximum Gasteiger partial charge on any atom is 0.253 e. The van der Waals surface area contributed by atoms with Crippen molar-refractivity contribution in [2.24, 2.45) is 0 Å². The lowest BCUT2D eigenvalue weighted by Crippen LogP contribution is -2.22. The number of anilines is 1. The Kier molecular flexibility index (Phi) is 6.17. The summed E-state index contributed by atoms with van der Waals surface area (Å²) < 4.78 is 5.70. The second-order valence-corrected chi connectivity index (χ2v) is 6.13. The van der Waals surface area contributed by atoms with E-state index in [1.807, 2.05) is 32.0 Å². The Bertz CT molecular complexity index is 769. The topological polar surface area (TPSA) is 58.6 Å². The zero-order valence-corrected chi connectivity index (χ0v) is 15.1. The van der Waals surface area contributed by atoms with Crippen molar-refractivity contribution in [3.8, 4) is 5.75 Å². The Morgan fingerprint density at radius 1 is 1.08 bits per heavy atom. The molecule has 0 bridgehead atoms. The minimum Gasteiger partial charge on any atom is -0.493 e. The number of rotatable bonds is 6. The number of ether oxygens (including phenoxy) is 1. The molecule has 0 heterocycles. The lowest BCUT2D eigenvalue weighted by molar-refractivity contribution is -0.116. The van der Waals surface area contributed by atoms with Crippen molar-refractivity contribution in [1.82, 2.24) is 4.90 Å². The van der Waals surface area contributed by atoms with Crippen molar-refractivity contribution in [3.63, 3.8) is 0 Å². The van der Waals surface area contributed by atoms with Crippen molar-refractivity contribution in [2.75, 3.05) is 26.0 Å². The molecule has 0 fully saturated rings. The Labute approximate surface area is 148 Å². The molecule has 2 aromatic rings. The molecule has 0 atom stereocenters. The lowest BCUT2D eigenvalue weighted by Gasteiger charge is -2.12. The SMILES string of the molecule is Cc1cccc(OCCC(=O)Nc2cccc(C(=O)N(C)C)c2)c1C. The fourth-order valence-corrected chi connectivity index (χ4v) is 2.35. The first kappa shape index (κ1) is 18.5. The van der Waals surface area contributed by atoms with Gasteiger partial charge in [-0.1, -0.05) is 18.2 Å². The van der Waals surface area contributed by atoms with Crippen LogP contribution in [-0.2, 0) is 4.79 Å². The van der Waals surface area contributed by atoms with Gasteiger partial charge in [-0.3, -0.25) is 9.59 Å². The summed E-state index contributed by atoms with van der Waals surface area (Å²) in [5.41, 5.74) is 3.38. The van der Waals surface area contributed by atoms with Gasteiger partial charge in [-0.15, -0.1) is 0 Å². The van der Waals surface area contributed by atoms with Gasteiger partial charge in [0, 0.05) is 25.3 Å². The number of nitrogens with one attached hydrogen (secondary N) is 1. The number of carbonyl (C=O) groups is 2. The highest BCUT2D eigenvalue weighted by Gasteiger charge is 2.10. The summed E-state index contributed by atoms with van der Waals surface area (Å²) in [6.07, 6.45) is 0.235. The fourth-order valence-electron chi connectivity index (χ4n) is 2.35. The molecule has 5 nitrogen and oxygen atoms in total. The normalized spacial score (nSPS) is 10.2. The molecule has 5 heteroatoms. The van der Waals surface area contributed by atoms with E-state index in [-0.39, 0.29) is 18.2 Å². The smallest absolute Gasteiger partial charge is 0.253 e. The Morgan fingerprint density at radius 2 is 1.80 bits per heavy atom. The highest BCUT2D eigenvalue weighted by Crippen LogP contribution is 2.20. The molecule has 0 unspecified atom stereocenters. The number of carbonyl (C=O) groups excluding carboxylic acids is 2. The van der Waals surface area contributed by atoms with Crippen molar-refractivity contribution >= 4 is 17.5 Å². The molecule has 2 rings (SSSR count). The van der Waals surface area contributed by atoms with Crippen LogP contribution in [0.2, 0.25) is 0 Å². The summed E-state index contributed by atoms with van der Waals surface area (Å²) >= 11 is 0. The maximum atomic E-state index is 12.1. The summed E-state index contributed by atoms with van der Waals surface area (Å²) in [6, 6.07) is 12.8. The number of nitrogens with zero attached hydrogens (tertiary/aromatic N) is 1. The van der Waals surface area contributed by atoms with Crippen LogP contribution in [0.15, 0.2) is 42.5 Å². The molecular weight excluding hydrogens is 316 g/mol. The van der Waals surface area contributed by atoms with Gasteiger partial charge in [-0.2, -0.15) is 0 Å². The number of hydrogen-bond acceptors (Lipinski definition) is 3. The Hall–Kier alpha value is -2.82. The molecule has 25 heavy (non-hydrogen) atoms. The second kappa shape index (κ2) is 8.33. The van der Waals surface area contributed by atoms with Gasteiger partial charge in [0.1, 0.15) is 5.75 Å². The molecule has 0 radical (unpaired) electrons. The predicted octanol–water partition coefficient (Wildman–Crippen LogP) is 3.41. The minimum absolute atomic E-state index is 0.102.